The lowest BCUT2D eigenvalue weighted by atomic mass is 9.79. The maximum atomic E-state index is 13.3. The zero-order chi connectivity index (χ0) is 20.8. The van der Waals surface area contributed by atoms with Crippen LogP contribution in [0, 0.1) is 0 Å². The molecule has 0 radical (unpaired) electrons. The lowest BCUT2D eigenvalue weighted by Gasteiger charge is -2.28. The van der Waals surface area contributed by atoms with Gasteiger partial charge < -0.3 is 5.11 Å². The van der Waals surface area contributed by atoms with Crippen molar-refractivity contribution in [1.29, 1.82) is 0 Å². The predicted octanol–water partition coefficient (Wildman–Crippen LogP) is 4.30. The fourth-order valence-electron chi connectivity index (χ4n) is 4.28. The molecule has 3 aromatic carbocycles. The average molecular weight is 430 g/mol. The third kappa shape index (κ3) is 3.07. The number of hydrogen-bond acceptors (Lipinski definition) is 4. The van der Waals surface area contributed by atoms with Crippen molar-refractivity contribution in [2.24, 2.45) is 0 Å². The molecule has 0 spiro atoms. The molecule has 4 rings (SSSR count). The predicted molar refractivity (Wildman–Crippen MR) is 113 cm³/mol. The molecule has 3 aromatic rings. The van der Waals surface area contributed by atoms with E-state index >= 15 is 0 Å². The fourth-order valence-corrected chi connectivity index (χ4v) is 5.85. The molecule has 0 aromatic heterocycles. The standard InChI is InChI=1S/C22H20ClNO4S/c1-2-22(13-12-15-16(22)8-5-9-17(15)23)21(26)24-29(27,28)19-11-4-7-14-6-3-10-18(25)20(14)19/h3-11,25H,2,12-13H2,1H3,(H,24,26). The Morgan fingerprint density at radius 2 is 1.83 bits per heavy atom. The summed E-state index contributed by atoms with van der Waals surface area (Å²) in [7, 11) is -4.20. The summed E-state index contributed by atoms with van der Waals surface area (Å²) >= 11 is 6.29. The van der Waals surface area contributed by atoms with Gasteiger partial charge in [-0.3, -0.25) is 4.79 Å². The van der Waals surface area contributed by atoms with Crippen molar-refractivity contribution >= 4 is 38.3 Å². The second-order valence-corrected chi connectivity index (χ2v) is 9.33. The molecule has 1 aliphatic carbocycles. The van der Waals surface area contributed by atoms with Gasteiger partial charge in [0.05, 0.1) is 10.3 Å². The number of halogens is 1. The molecule has 0 heterocycles. The van der Waals surface area contributed by atoms with Crippen molar-refractivity contribution < 1.29 is 18.3 Å². The van der Waals surface area contributed by atoms with Crippen LogP contribution < -0.4 is 4.72 Å². The van der Waals surface area contributed by atoms with E-state index in [1.165, 1.54) is 12.1 Å². The number of nitrogens with one attached hydrogen (secondary N) is 1. The van der Waals surface area contributed by atoms with Crippen LogP contribution in [-0.4, -0.2) is 19.4 Å². The van der Waals surface area contributed by atoms with E-state index in [4.69, 9.17) is 11.6 Å². The van der Waals surface area contributed by atoms with E-state index in [1.807, 2.05) is 13.0 Å². The highest BCUT2D eigenvalue weighted by Crippen LogP contribution is 2.44. The molecule has 150 valence electrons. The number of benzene rings is 3. The van der Waals surface area contributed by atoms with Crippen molar-refractivity contribution in [3.8, 4) is 5.75 Å². The van der Waals surface area contributed by atoms with Gasteiger partial charge in [-0.1, -0.05) is 54.9 Å². The maximum absolute atomic E-state index is 13.3. The highest BCUT2D eigenvalue weighted by atomic mass is 35.5. The first kappa shape index (κ1) is 19.7. The summed E-state index contributed by atoms with van der Waals surface area (Å²) in [6, 6.07) is 14.8. The molecule has 0 saturated carbocycles. The monoisotopic (exact) mass is 429 g/mol. The van der Waals surface area contributed by atoms with Crippen LogP contribution in [0.2, 0.25) is 5.02 Å². The van der Waals surface area contributed by atoms with Crippen molar-refractivity contribution in [2.75, 3.05) is 0 Å². The molecule has 1 atom stereocenters. The number of phenolic OH excluding ortho intramolecular Hbond substituents is 1. The van der Waals surface area contributed by atoms with Crippen LogP contribution in [0.1, 0.15) is 30.9 Å². The van der Waals surface area contributed by atoms with Crippen LogP contribution in [-0.2, 0) is 26.7 Å². The summed E-state index contributed by atoms with van der Waals surface area (Å²) in [6.07, 6.45) is 1.55. The number of carbonyl (C=O) groups excluding carboxylic acids is 1. The minimum Gasteiger partial charge on any atom is -0.507 e. The molecule has 5 nitrogen and oxygen atoms in total. The Hall–Kier alpha value is -2.57. The Morgan fingerprint density at radius 1 is 1.14 bits per heavy atom. The lowest BCUT2D eigenvalue weighted by Crippen LogP contribution is -2.45. The molecule has 0 saturated heterocycles. The summed E-state index contributed by atoms with van der Waals surface area (Å²) in [5.41, 5.74) is 0.715. The van der Waals surface area contributed by atoms with Crippen molar-refractivity contribution in [2.45, 2.75) is 36.5 Å². The quantitative estimate of drug-likeness (QED) is 0.647. The topological polar surface area (TPSA) is 83.5 Å². The van der Waals surface area contributed by atoms with Crippen molar-refractivity contribution in [3.05, 3.63) is 70.7 Å². The number of sulfonamides is 1. The van der Waals surface area contributed by atoms with Gasteiger partial charge in [0.2, 0.25) is 5.91 Å². The third-order valence-corrected chi connectivity index (χ3v) is 7.56. The van der Waals surface area contributed by atoms with Crippen LogP contribution in [0.3, 0.4) is 0 Å². The van der Waals surface area contributed by atoms with Gasteiger partial charge in [0.15, 0.2) is 0 Å². The Labute approximate surface area is 174 Å². The van der Waals surface area contributed by atoms with Crippen LogP contribution in [0.5, 0.6) is 5.75 Å². The number of carbonyl (C=O) groups is 1. The summed E-state index contributed by atoms with van der Waals surface area (Å²) in [6.45, 7) is 1.87. The van der Waals surface area contributed by atoms with Gasteiger partial charge in [-0.15, -0.1) is 0 Å². The summed E-state index contributed by atoms with van der Waals surface area (Å²) < 4.78 is 28.5. The first-order valence-electron chi connectivity index (χ1n) is 9.36. The molecule has 2 N–H and O–H groups in total. The zero-order valence-corrected chi connectivity index (χ0v) is 17.3. The van der Waals surface area contributed by atoms with E-state index < -0.39 is 21.3 Å². The van der Waals surface area contributed by atoms with Gasteiger partial charge in [0.1, 0.15) is 5.75 Å². The SMILES string of the molecule is CCC1(C(=O)NS(=O)(=O)c2cccc3cccc(O)c23)CCc2c(Cl)cccc21. The largest absolute Gasteiger partial charge is 0.507 e. The zero-order valence-electron chi connectivity index (χ0n) is 15.8. The number of amides is 1. The molecular formula is C22H20ClNO4S. The van der Waals surface area contributed by atoms with Gasteiger partial charge in [-0.05, 0) is 54.0 Å². The highest BCUT2D eigenvalue weighted by Gasteiger charge is 2.45. The molecule has 1 amide bonds. The van der Waals surface area contributed by atoms with E-state index in [1.54, 1.807) is 36.4 Å². The van der Waals surface area contributed by atoms with Gasteiger partial charge in [-0.25, -0.2) is 13.1 Å². The Kier molecular flexibility index (Phi) is 4.79. The maximum Gasteiger partial charge on any atom is 0.264 e. The third-order valence-electron chi connectivity index (χ3n) is 5.84. The summed E-state index contributed by atoms with van der Waals surface area (Å²) in [5, 5.41) is 11.6. The van der Waals surface area contributed by atoms with Crippen LogP contribution in [0.25, 0.3) is 10.8 Å². The Balaban J connectivity index is 1.77. The Morgan fingerprint density at radius 3 is 2.55 bits per heavy atom. The lowest BCUT2D eigenvalue weighted by molar-refractivity contribution is -0.125. The molecule has 7 heteroatoms. The molecular weight excluding hydrogens is 410 g/mol. The van der Waals surface area contributed by atoms with Crippen molar-refractivity contribution in [1.82, 2.24) is 4.72 Å². The Bertz CT molecular complexity index is 1230. The fraction of sp³-hybridized carbons (Fsp3) is 0.227. The minimum atomic E-state index is -4.20. The molecule has 1 aliphatic rings. The molecule has 0 aliphatic heterocycles. The summed E-state index contributed by atoms with van der Waals surface area (Å²) in [4.78, 5) is 13.2. The van der Waals surface area contributed by atoms with E-state index in [0.29, 0.717) is 29.7 Å². The van der Waals surface area contributed by atoms with Crippen molar-refractivity contribution in [3.63, 3.8) is 0 Å². The highest BCUT2D eigenvalue weighted by molar-refractivity contribution is 7.90. The number of hydrogen-bond donors (Lipinski definition) is 2. The first-order chi connectivity index (χ1) is 13.8. The first-order valence-corrected chi connectivity index (χ1v) is 11.2. The second-order valence-electron chi connectivity index (χ2n) is 7.27. The second kappa shape index (κ2) is 7.04. The van der Waals surface area contributed by atoms with E-state index in [2.05, 4.69) is 4.72 Å². The van der Waals surface area contributed by atoms with Gasteiger partial charge in [0, 0.05) is 10.4 Å². The van der Waals surface area contributed by atoms with E-state index in [0.717, 1.165) is 11.1 Å². The number of fused-ring (bicyclic) bond motifs is 2. The molecule has 0 fully saturated rings. The van der Waals surface area contributed by atoms with E-state index in [9.17, 15) is 18.3 Å². The van der Waals surface area contributed by atoms with Gasteiger partial charge in [-0.2, -0.15) is 0 Å². The van der Waals surface area contributed by atoms with Crippen LogP contribution in [0.4, 0.5) is 0 Å². The van der Waals surface area contributed by atoms with Gasteiger partial charge >= 0.3 is 0 Å². The molecule has 1 unspecified atom stereocenters. The molecule has 0 bridgehead atoms. The van der Waals surface area contributed by atoms with Crippen LogP contribution in [0.15, 0.2) is 59.5 Å². The molecule has 29 heavy (non-hydrogen) atoms. The smallest absolute Gasteiger partial charge is 0.264 e. The normalized spacial score (nSPS) is 18.6. The number of phenols is 1. The number of rotatable bonds is 4. The average Bonchev–Trinajstić information content (AvgIpc) is 3.09. The van der Waals surface area contributed by atoms with E-state index in [-0.39, 0.29) is 16.0 Å². The minimum absolute atomic E-state index is 0.128. The van der Waals surface area contributed by atoms with Crippen LogP contribution >= 0.6 is 11.6 Å². The van der Waals surface area contributed by atoms with Gasteiger partial charge in [0.25, 0.3) is 10.0 Å². The summed E-state index contributed by atoms with van der Waals surface area (Å²) in [5.74, 6) is -0.729. The number of aromatic hydroxyl groups is 1.